The molecule has 0 aromatic carbocycles. The van der Waals surface area contributed by atoms with Gasteiger partial charge in [0.1, 0.15) is 0 Å². The number of nitrogens with one attached hydrogen (secondary N) is 1. The van der Waals surface area contributed by atoms with E-state index in [-0.39, 0.29) is 17.2 Å². The highest BCUT2D eigenvalue weighted by atomic mass is 16.5. The summed E-state index contributed by atoms with van der Waals surface area (Å²) in [6, 6.07) is 0. The Labute approximate surface area is 167 Å². The monoisotopic (exact) mass is 394 g/mol. The van der Waals surface area contributed by atoms with Gasteiger partial charge in [-0.25, -0.2) is 0 Å². The SMILES string of the molecule is NC(=O)C1CCCN(CCCNC(=O)C(=O)N2CCCC3(CCOCC3)C2)C1. The van der Waals surface area contributed by atoms with Crippen molar-refractivity contribution in [3.8, 4) is 0 Å². The molecule has 8 nitrogen and oxygen atoms in total. The van der Waals surface area contributed by atoms with Crippen molar-refractivity contribution in [1.29, 1.82) is 0 Å². The van der Waals surface area contributed by atoms with Crippen LogP contribution < -0.4 is 11.1 Å². The molecule has 1 atom stereocenters. The van der Waals surface area contributed by atoms with Crippen LogP contribution in [0.4, 0.5) is 0 Å². The van der Waals surface area contributed by atoms with Crippen LogP contribution in [-0.4, -0.2) is 80.0 Å². The summed E-state index contributed by atoms with van der Waals surface area (Å²) in [5.74, 6) is -1.20. The minimum atomic E-state index is -0.502. The summed E-state index contributed by atoms with van der Waals surface area (Å²) in [6.07, 6.45) is 6.60. The van der Waals surface area contributed by atoms with Crippen molar-refractivity contribution < 1.29 is 19.1 Å². The van der Waals surface area contributed by atoms with Crippen LogP contribution in [0.1, 0.15) is 44.9 Å². The fraction of sp³-hybridized carbons (Fsp3) is 0.850. The molecule has 3 aliphatic heterocycles. The second kappa shape index (κ2) is 9.69. The second-order valence-corrected chi connectivity index (χ2v) is 8.59. The van der Waals surface area contributed by atoms with E-state index in [4.69, 9.17) is 10.5 Å². The van der Waals surface area contributed by atoms with E-state index < -0.39 is 11.8 Å². The molecule has 1 unspecified atom stereocenters. The molecule has 0 aromatic rings. The van der Waals surface area contributed by atoms with E-state index in [0.29, 0.717) is 26.2 Å². The minimum absolute atomic E-state index is 0.0680. The van der Waals surface area contributed by atoms with Gasteiger partial charge in [0.15, 0.2) is 0 Å². The van der Waals surface area contributed by atoms with E-state index in [9.17, 15) is 14.4 Å². The lowest BCUT2D eigenvalue weighted by Gasteiger charge is -2.44. The molecule has 3 aliphatic rings. The van der Waals surface area contributed by atoms with Gasteiger partial charge >= 0.3 is 11.8 Å². The van der Waals surface area contributed by atoms with E-state index in [2.05, 4.69) is 10.2 Å². The van der Waals surface area contributed by atoms with Crippen molar-refractivity contribution in [1.82, 2.24) is 15.1 Å². The molecule has 0 aromatic heterocycles. The molecule has 3 N–H and O–H groups in total. The zero-order valence-corrected chi connectivity index (χ0v) is 16.8. The maximum absolute atomic E-state index is 12.6. The van der Waals surface area contributed by atoms with Gasteiger partial charge in [0, 0.05) is 39.4 Å². The number of carbonyl (C=O) groups is 3. The highest BCUT2D eigenvalue weighted by Gasteiger charge is 2.39. The molecule has 0 saturated carbocycles. The van der Waals surface area contributed by atoms with Crippen molar-refractivity contribution >= 4 is 17.7 Å². The zero-order chi connectivity index (χ0) is 20.0. The average molecular weight is 395 g/mol. The summed E-state index contributed by atoms with van der Waals surface area (Å²) in [6.45, 7) is 5.75. The van der Waals surface area contributed by atoms with Crippen LogP contribution in [0.25, 0.3) is 0 Å². The molecular formula is C20H34N4O4. The zero-order valence-electron chi connectivity index (χ0n) is 16.8. The number of ether oxygens (including phenoxy) is 1. The quantitative estimate of drug-likeness (QED) is 0.509. The number of rotatable bonds is 5. The molecular weight excluding hydrogens is 360 g/mol. The summed E-state index contributed by atoms with van der Waals surface area (Å²) in [4.78, 5) is 40.2. The number of carbonyl (C=O) groups excluding carboxylic acids is 3. The molecule has 0 radical (unpaired) electrons. The fourth-order valence-electron chi connectivity index (χ4n) is 4.81. The number of piperidine rings is 2. The third-order valence-electron chi connectivity index (χ3n) is 6.54. The number of primary amides is 1. The van der Waals surface area contributed by atoms with Gasteiger partial charge in [-0.2, -0.15) is 0 Å². The summed E-state index contributed by atoms with van der Waals surface area (Å²) in [5, 5.41) is 2.77. The van der Waals surface area contributed by atoms with Gasteiger partial charge in [-0.1, -0.05) is 0 Å². The van der Waals surface area contributed by atoms with E-state index in [1.54, 1.807) is 4.90 Å². The Bertz CT molecular complexity index is 571. The van der Waals surface area contributed by atoms with Crippen molar-refractivity contribution in [2.24, 2.45) is 17.1 Å². The van der Waals surface area contributed by atoms with Gasteiger partial charge in [-0.15, -0.1) is 0 Å². The first kappa shape index (κ1) is 21.0. The Morgan fingerprint density at radius 2 is 1.89 bits per heavy atom. The topological polar surface area (TPSA) is 105 Å². The van der Waals surface area contributed by atoms with Gasteiger partial charge in [-0.05, 0) is 63.5 Å². The number of nitrogens with zero attached hydrogens (tertiary/aromatic N) is 2. The van der Waals surface area contributed by atoms with E-state index >= 15 is 0 Å². The molecule has 28 heavy (non-hydrogen) atoms. The van der Waals surface area contributed by atoms with Crippen molar-refractivity contribution in [2.45, 2.75) is 44.9 Å². The molecule has 8 heteroatoms. The third kappa shape index (κ3) is 5.44. The van der Waals surface area contributed by atoms with Crippen LogP contribution in [0, 0.1) is 11.3 Å². The Morgan fingerprint density at radius 1 is 1.11 bits per heavy atom. The first-order chi connectivity index (χ1) is 13.5. The minimum Gasteiger partial charge on any atom is -0.381 e. The number of likely N-dealkylation sites (tertiary alicyclic amines) is 2. The largest absolute Gasteiger partial charge is 0.381 e. The number of amides is 3. The third-order valence-corrected chi connectivity index (χ3v) is 6.54. The molecule has 1 spiro atoms. The molecule has 3 rings (SSSR count). The number of hydrogen-bond donors (Lipinski definition) is 2. The summed E-state index contributed by atoms with van der Waals surface area (Å²) in [7, 11) is 0. The van der Waals surface area contributed by atoms with Gasteiger partial charge < -0.3 is 25.6 Å². The Balaban J connectivity index is 1.37. The molecule has 3 heterocycles. The maximum atomic E-state index is 12.6. The summed E-state index contributed by atoms with van der Waals surface area (Å²) < 4.78 is 5.46. The lowest BCUT2D eigenvalue weighted by molar-refractivity contribution is -0.149. The van der Waals surface area contributed by atoms with Gasteiger partial charge in [0.2, 0.25) is 5.91 Å². The van der Waals surface area contributed by atoms with E-state index in [1.165, 1.54) is 0 Å². The summed E-state index contributed by atoms with van der Waals surface area (Å²) in [5.41, 5.74) is 5.54. The molecule has 3 fully saturated rings. The maximum Gasteiger partial charge on any atom is 0.311 e. The van der Waals surface area contributed by atoms with Crippen LogP contribution in [0.2, 0.25) is 0 Å². The molecule has 0 aliphatic carbocycles. The van der Waals surface area contributed by atoms with Crippen LogP contribution in [0.15, 0.2) is 0 Å². The number of hydrogen-bond acceptors (Lipinski definition) is 5. The smallest absolute Gasteiger partial charge is 0.311 e. The Morgan fingerprint density at radius 3 is 2.64 bits per heavy atom. The fourth-order valence-corrected chi connectivity index (χ4v) is 4.81. The standard InChI is InChI=1S/C20H34N4O4/c21-17(25)16-4-1-9-23(14-16)10-3-8-22-18(26)19(27)24-11-2-5-20(15-24)6-12-28-13-7-20/h16H,1-15H2,(H2,21,25)(H,22,26). The van der Waals surface area contributed by atoms with E-state index in [0.717, 1.165) is 71.2 Å². The van der Waals surface area contributed by atoms with E-state index in [1.807, 2.05) is 0 Å². The van der Waals surface area contributed by atoms with Crippen LogP contribution in [-0.2, 0) is 19.1 Å². The Hall–Kier alpha value is -1.67. The van der Waals surface area contributed by atoms with Crippen LogP contribution >= 0.6 is 0 Å². The van der Waals surface area contributed by atoms with Crippen molar-refractivity contribution in [2.75, 3.05) is 52.5 Å². The normalized spacial score (nSPS) is 25.4. The predicted molar refractivity (Wildman–Crippen MR) is 104 cm³/mol. The van der Waals surface area contributed by atoms with Gasteiger partial charge in [0.25, 0.3) is 0 Å². The van der Waals surface area contributed by atoms with Gasteiger partial charge in [0.05, 0.1) is 5.92 Å². The highest BCUT2D eigenvalue weighted by molar-refractivity contribution is 6.35. The van der Waals surface area contributed by atoms with Gasteiger partial charge in [-0.3, -0.25) is 14.4 Å². The Kier molecular flexibility index (Phi) is 7.29. The average Bonchev–Trinajstić information content (AvgIpc) is 2.71. The lowest BCUT2D eigenvalue weighted by Crippen LogP contribution is -2.52. The van der Waals surface area contributed by atoms with Crippen molar-refractivity contribution in [3.63, 3.8) is 0 Å². The van der Waals surface area contributed by atoms with Crippen LogP contribution in [0.5, 0.6) is 0 Å². The molecule has 0 bridgehead atoms. The molecule has 3 saturated heterocycles. The van der Waals surface area contributed by atoms with Crippen molar-refractivity contribution in [3.05, 3.63) is 0 Å². The summed E-state index contributed by atoms with van der Waals surface area (Å²) >= 11 is 0. The second-order valence-electron chi connectivity index (χ2n) is 8.59. The highest BCUT2D eigenvalue weighted by Crippen LogP contribution is 2.39. The first-order valence-corrected chi connectivity index (χ1v) is 10.7. The van der Waals surface area contributed by atoms with Crippen LogP contribution in [0.3, 0.4) is 0 Å². The first-order valence-electron chi connectivity index (χ1n) is 10.7. The molecule has 3 amide bonds. The lowest BCUT2D eigenvalue weighted by atomic mass is 9.74. The predicted octanol–water partition coefficient (Wildman–Crippen LogP) is 0.109. The number of nitrogens with two attached hydrogens (primary N) is 1. The molecule has 158 valence electrons.